The summed E-state index contributed by atoms with van der Waals surface area (Å²) in [7, 11) is 2.72. The number of amides is 1. The second kappa shape index (κ2) is 6.80. The van der Waals surface area contributed by atoms with Crippen LogP contribution in [-0.4, -0.2) is 26.0 Å². The predicted octanol–water partition coefficient (Wildman–Crippen LogP) is 0.0977. The Bertz CT molecular complexity index is 145. The van der Waals surface area contributed by atoms with E-state index >= 15 is 0 Å². The molecule has 0 bridgehead atoms. The lowest BCUT2D eigenvalue weighted by Crippen LogP contribution is -2.14. The molecular weight excluding hydrogens is 146 g/mol. The molecule has 0 aromatic carbocycles. The first kappa shape index (κ1) is 12.4. The van der Waals surface area contributed by atoms with E-state index in [2.05, 4.69) is 10.1 Å². The number of methoxy groups -OCH3 is 1. The number of hydrogen-bond acceptors (Lipinski definition) is 3. The summed E-state index contributed by atoms with van der Waals surface area (Å²) in [5.74, 6) is -0.867. The van der Waals surface area contributed by atoms with Gasteiger partial charge in [-0.3, -0.25) is 4.79 Å². The fourth-order valence-electron chi connectivity index (χ4n) is 0.295. The molecule has 64 valence electrons. The zero-order valence-corrected chi connectivity index (χ0v) is 5.88. The van der Waals surface area contributed by atoms with Crippen LogP contribution < -0.4 is 5.32 Å². The normalized spacial score (nSPS) is 8.55. The fourth-order valence-corrected chi connectivity index (χ4v) is 0.295. The van der Waals surface area contributed by atoms with Gasteiger partial charge in [-0.15, -0.1) is 0 Å². The second-order valence-electron chi connectivity index (χ2n) is 1.47. The van der Waals surface area contributed by atoms with Gasteiger partial charge in [-0.2, -0.15) is 0 Å². The third-order valence-electron chi connectivity index (χ3n) is 0.818. The van der Waals surface area contributed by atoms with E-state index in [1.54, 1.807) is 0 Å². The van der Waals surface area contributed by atoms with Crippen LogP contribution in [0.1, 0.15) is 7.43 Å². The van der Waals surface area contributed by atoms with E-state index < -0.39 is 5.97 Å². The van der Waals surface area contributed by atoms with Crippen LogP contribution in [0, 0.1) is 0 Å². The highest BCUT2D eigenvalue weighted by Crippen LogP contribution is 1.76. The molecule has 0 atom stereocenters. The molecule has 0 spiro atoms. The molecule has 11 heavy (non-hydrogen) atoms. The van der Waals surface area contributed by atoms with Gasteiger partial charge in [0, 0.05) is 19.2 Å². The average molecular weight is 159 g/mol. The number of carbonyl (C=O) groups is 2. The highest BCUT2D eigenvalue weighted by molar-refractivity contribution is 5.94. The highest BCUT2D eigenvalue weighted by Gasteiger charge is 1.92. The summed E-state index contributed by atoms with van der Waals surface area (Å²) in [6, 6.07) is 0. The van der Waals surface area contributed by atoms with E-state index in [-0.39, 0.29) is 13.3 Å². The van der Waals surface area contributed by atoms with Crippen molar-refractivity contribution in [2.75, 3.05) is 14.2 Å². The molecule has 0 rings (SSSR count). The molecule has 0 aliphatic heterocycles. The Morgan fingerprint density at radius 3 is 2.27 bits per heavy atom. The van der Waals surface area contributed by atoms with Gasteiger partial charge in [0.1, 0.15) is 0 Å². The largest absolute Gasteiger partial charge is 0.466 e. The summed E-state index contributed by atoms with van der Waals surface area (Å²) < 4.78 is 4.24. The van der Waals surface area contributed by atoms with Crippen LogP contribution in [0.2, 0.25) is 0 Å². The van der Waals surface area contributed by atoms with Gasteiger partial charge in [-0.05, 0) is 0 Å². The van der Waals surface area contributed by atoms with Gasteiger partial charge in [0.2, 0.25) is 5.91 Å². The number of nitrogens with one attached hydrogen (secondary N) is 1. The highest BCUT2D eigenvalue weighted by atomic mass is 16.5. The fraction of sp³-hybridized carbons (Fsp3) is 0.429. The molecule has 0 aliphatic rings. The molecule has 0 aromatic heterocycles. The summed E-state index contributed by atoms with van der Waals surface area (Å²) in [6.07, 6.45) is 2.16. The van der Waals surface area contributed by atoms with E-state index in [9.17, 15) is 9.59 Å². The predicted molar refractivity (Wildman–Crippen MR) is 42.0 cm³/mol. The molecule has 0 saturated heterocycles. The Labute approximate surface area is 66.2 Å². The summed E-state index contributed by atoms with van der Waals surface area (Å²) in [4.78, 5) is 20.8. The van der Waals surface area contributed by atoms with Gasteiger partial charge in [0.15, 0.2) is 0 Å². The Hall–Kier alpha value is -1.32. The van der Waals surface area contributed by atoms with Crippen LogP contribution in [-0.2, 0) is 14.3 Å². The third kappa shape index (κ3) is 6.57. The molecule has 4 nitrogen and oxygen atoms in total. The summed E-state index contributed by atoms with van der Waals surface area (Å²) in [5, 5.41) is 2.31. The molecule has 4 heteroatoms. The summed E-state index contributed by atoms with van der Waals surface area (Å²) >= 11 is 0. The van der Waals surface area contributed by atoms with Gasteiger partial charge < -0.3 is 10.1 Å². The molecule has 0 unspecified atom stereocenters. The van der Waals surface area contributed by atoms with Crippen LogP contribution in [0.5, 0.6) is 0 Å². The van der Waals surface area contributed by atoms with E-state index in [0.29, 0.717) is 0 Å². The van der Waals surface area contributed by atoms with Gasteiger partial charge in [-0.1, -0.05) is 7.43 Å². The molecule has 0 saturated carbocycles. The first-order valence-corrected chi connectivity index (χ1v) is 2.68. The topological polar surface area (TPSA) is 55.4 Å². The Balaban J connectivity index is 0. The van der Waals surface area contributed by atoms with E-state index in [4.69, 9.17) is 0 Å². The zero-order chi connectivity index (χ0) is 7.98. The molecule has 1 amide bonds. The van der Waals surface area contributed by atoms with Gasteiger partial charge in [-0.25, -0.2) is 4.79 Å². The first-order chi connectivity index (χ1) is 4.70. The van der Waals surface area contributed by atoms with E-state index in [0.717, 1.165) is 12.2 Å². The van der Waals surface area contributed by atoms with Crippen molar-refractivity contribution in [2.24, 2.45) is 0 Å². The number of esters is 1. The van der Waals surface area contributed by atoms with Gasteiger partial charge in [0.25, 0.3) is 0 Å². The van der Waals surface area contributed by atoms with Crippen molar-refractivity contribution in [1.82, 2.24) is 5.32 Å². The first-order valence-electron chi connectivity index (χ1n) is 2.68. The quantitative estimate of drug-likeness (QED) is 0.459. The molecule has 0 aromatic rings. The summed E-state index contributed by atoms with van der Waals surface area (Å²) in [6.45, 7) is 0. The number of likely N-dealkylation sites (N-methyl/N-ethyl adjacent to an activating group) is 1. The van der Waals surface area contributed by atoms with Crippen LogP contribution in [0.15, 0.2) is 12.2 Å². The van der Waals surface area contributed by atoms with E-state index in [1.807, 2.05) is 0 Å². The third-order valence-corrected chi connectivity index (χ3v) is 0.818. The van der Waals surface area contributed by atoms with Crippen molar-refractivity contribution in [3.63, 3.8) is 0 Å². The standard InChI is InChI=1S/C6H9NO3.CH4/c1-7-5(8)3-4-6(9)10-2;/h3-4H,1-2H3,(H,7,8);1H4/b4-3-;. The Morgan fingerprint density at radius 2 is 1.91 bits per heavy atom. The maximum atomic E-state index is 10.4. The van der Waals surface area contributed by atoms with Crippen molar-refractivity contribution < 1.29 is 14.3 Å². The van der Waals surface area contributed by atoms with Crippen molar-refractivity contribution in [1.29, 1.82) is 0 Å². The minimum Gasteiger partial charge on any atom is -0.466 e. The molecule has 0 aliphatic carbocycles. The van der Waals surface area contributed by atoms with Crippen molar-refractivity contribution >= 4 is 11.9 Å². The smallest absolute Gasteiger partial charge is 0.330 e. The number of ether oxygens (including phenoxy) is 1. The maximum absolute atomic E-state index is 10.4. The van der Waals surface area contributed by atoms with Crippen molar-refractivity contribution in [3.8, 4) is 0 Å². The lowest BCUT2D eigenvalue weighted by atomic mass is 10.5. The van der Waals surface area contributed by atoms with Gasteiger partial charge in [0.05, 0.1) is 7.11 Å². The van der Waals surface area contributed by atoms with E-state index in [1.165, 1.54) is 14.2 Å². The number of rotatable bonds is 2. The zero-order valence-electron chi connectivity index (χ0n) is 5.88. The number of hydrogen-bond donors (Lipinski definition) is 1. The molecular formula is C7H13NO3. The summed E-state index contributed by atoms with van der Waals surface area (Å²) in [5.41, 5.74) is 0. The van der Waals surface area contributed by atoms with Crippen LogP contribution in [0.3, 0.4) is 0 Å². The molecule has 0 fully saturated rings. The van der Waals surface area contributed by atoms with Crippen LogP contribution >= 0.6 is 0 Å². The minimum atomic E-state index is -0.538. The van der Waals surface area contributed by atoms with Crippen molar-refractivity contribution in [3.05, 3.63) is 12.2 Å². The lowest BCUT2D eigenvalue weighted by Gasteiger charge is -1.89. The van der Waals surface area contributed by atoms with Crippen LogP contribution in [0.25, 0.3) is 0 Å². The monoisotopic (exact) mass is 159 g/mol. The lowest BCUT2D eigenvalue weighted by molar-refractivity contribution is -0.135. The second-order valence-corrected chi connectivity index (χ2v) is 1.47. The number of carbonyl (C=O) groups excluding carboxylic acids is 2. The Kier molecular flexibility index (Phi) is 7.64. The van der Waals surface area contributed by atoms with Crippen LogP contribution in [0.4, 0.5) is 0 Å². The minimum absolute atomic E-state index is 0. The Morgan fingerprint density at radius 1 is 1.36 bits per heavy atom. The van der Waals surface area contributed by atoms with Crippen molar-refractivity contribution in [2.45, 2.75) is 7.43 Å². The molecule has 0 radical (unpaired) electrons. The maximum Gasteiger partial charge on any atom is 0.330 e. The van der Waals surface area contributed by atoms with Gasteiger partial charge >= 0.3 is 5.97 Å². The SMILES string of the molecule is C.CNC(=O)/C=C\C(=O)OC. The average Bonchev–Trinajstić information content (AvgIpc) is 1.99. The molecule has 1 N–H and O–H groups in total. The molecule has 0 heterocycles.